The van der Waals surface area contributed by atoms with Gasteiger partial charge in [-0.1, -0.05) is 211 Å². The Morgan fingerprint density at radius 3 is 0.871 bits per heavy atom. The zero-order valence-corrected chi connectivity index (χ0v) is 45.9. The van der Waals surface area contributed by atoms with E-state index in [-0.39, 0.29) is 19.3 Å². The largest absolute Gasteiger partial charge is 0.455 e. The van der Waals surface area contributed by atoms with Gasteiger partial charge in [0.25, 0.3) is 0 Å². The maximum atomic E-state index is 13.4. The van der Waals surface area contributed by atoms with Crippen LogP contribution in [0.4, 0.5) is 0 Å². The van der Waals surface area contributed by atoms with Crippen molar-refractivity contribution in [1.29, 1.82) is 0 Å². The molecule has 70 heavy (non-hydrogen) atoms. The molecule has 0 aromatic carbocycles. The quantitative estimate of drug-likeness (QED) is 0.0264. The summed E-state index contributed by atoms with van der Waals surface area (Å²) < 4.78 is 17.3. The molecule has 0 aromatic rings. The highest BCUT2D eigenvalue weighted by Gasteiger charge is 2.44. The Bertz CT molecular complexity index is 1290. The molecular weight excluding hydrogens is 877 g/mol. The van der Waals surface area contributed by atoms with Crippen LogP contribution in [0.3, 0.4) is 0 Å². The minimum atomic E-state index is -1.68. The maximum Gasteiger partial charge on any atom is 0.306 e. The van der Waals surface area contributed by atoms with Crippen LogP contribution >= 0.6 is 0 Å². The number of ether oxygens (including phenoxy) is 3. The van der Waals surface area contributed by atoms with Gasteiger partial charge in [-0.25, -0.2) is 0 Å². The Hall–Kier alpha value is -2.78. The molecule has 0 aliphatic carbocycles. The average molecular weight is 988 g/mol. The molecule has 4 atom stereocenters. The fraction of sp³-hybridized carbons (Fsp3) is 0.836. The zero-order chi connectivity index (χ0) is 51.4. The van der Waals surface area contributed by atoms with Gasteiger partial charge in [0.1, 0.15) is 6.10 Å². The molecule has 0 saturated carbocycles. The van der Waals surface area contributed by atoms with Crippen molar-refractivity contribution in [2.45, 2.75) is 322 Å². The number of esters is 3. The predicted molar refractivity (Wildman–Crippen MR) is 292 cm³/mol. The van der Waals surface area contributed by atoms with E-state index in [4.69, 9.17) is 14.2 Å². The molecule has 0 rings (SSSR count). The van der Waals surface area contributed by atoms with Crippen LogP contribution in [0.25, 0.3) is 0 Å². The van der Waals surface area contributed by atoms with Crippen molar-refractivity contribution < 1.29 is 43.6 Å². The highest BCUT2D eigenvalue weighted by molar-refractivity contribution is 5.85. The van der Waals surface area contributed by atoms with Crippen LogP contribution in [0.1, 0.15) is 297 Å². The summed E-state index contributed by atoms with van der Waals surface area (Å²) in [6.45, 7) is 7.13. The van der Waals surface area contributed by atoms with Crippen LogP contribution in [-0.2, 0) is 33.4 Å². The van der Waals surface area contributed by atoms with Gasteiger partial charge in [0, 0.05) is 19.3 Å². The number of unbranched alkanes of at least 4 members (excludes halogenated alkanes) is 33. The van der Waals surface area contributed by atoms with Gasteiger partial charge in [-0.05, 0) is 103 Å². The second-order valence-corrected chi connectivity index (χ2v) is 20.2. The highest BCUT2D eigenvalue weighted by Crippen LogP contribution is 2.22. The van der Waals surface area contributed by atoms with Gasteiger partial charge in [-0.2, -0.15) is 0 Å². The van der Waals surface area contributed by atoms with Crippen LogP contribution in [0, 0.1) is 0 Å². The van der Waals surface area contributed by atoms with Crippen LogP contribution in [0.5, 0.6) is 0 Å². The van der Waals surface area contributed by atoms with Crippen LogP contribution in [-0.4, -0.2) is 64.9 Å². The molecule has 0 fully saturated rings. The van der Waals surface area contributed by atoms with E-state index in [2.05, 4.69) is 57.2 Å². The minimum Gasteiger partial charge on any atom is -0.455 e. The molecular formula is C61H110O9. The van der Waals surface area contributed by atoms with E-state index in [0.29, 0.717) is 19.3 Å². The van der Waals surface area contributed by atoms with E-state index in [1.165, 1.54) is 122 Å². The van der Waals surface area contributed by atoms with E-state index in [1.54, 1.807) is 0 Å². The second kappa shape index (κ2) is 52.5. The summed E-state index contributed by atoms with van der Waals surface area (Å²) in [7, 11) is 0. The maximum absolute atomic E-state index is 13.4. The first-order valence-electron chi connectivity index (χ1n) is 29.5. The lowest BCUT2D eigenvalue weighted by molar-refractivity contribution is -0.198. The van der Waals surface area contributed by atoms with E-state index >= 15 is 0 Å². The van der Waals surface area contributed by atoms with Gasteiger partial charge < -0.3 is 24.4 Å². The summed E-state index contributed by atoms with van der Waals surface area (Å²) in [5, 5.41) is 21.1. The van der Waals surface area contributed by atoms with Gasteiger partial charge in [0.2, 0.25) is 0 Å². The van der Waals surface area contributed by atoms with Gasteiger partial charge in [0.15, 0.2) is 24.1 Å². The Labute approximate surface area is 430 Å². The Kier molecular flexibility index (Phi) is 50.5. The third-order valence-corrected chi connectivity index (χ3v) is 13.3. The van der Waals surface area contributed by atoms with Gasteiger partial charge in [-0.3, -0.25) is 19.2 Å². The SMILES string of the molecule is CCCCCCCC/C=C\CCCCCCCC(=O)O[C@@H]([C@H](OC(=O)CCCCCCC/C=C\CCCCCCCC)[C@@H](OC(=O)CCCCCCC/C=C\CCCCCCCC)C(C)=O)[C@H](O)CO. The minimum absolute atomic E-state index is 0.0486. The molecule has 9 nitrogen and oxygen atoms in total. The number of aliphatic hydroxyl groups excluding tert-OH is 2. The first-order valence-corrected chi connectivity index (χ1v) is 29.5. The first kappa shape index (κ1) is 67.2. The zero-order valence-electron chi connectivity index (χ0n) is 45.9. The van der Waals surface area contributed by atoms with Crippen molar-refractivity contribution in [2.24, 2.45) is 0 Å². The standard InChI is InChI=1S/C61H110O9/c1-5-8-11-14-17-20-23-26-29-32-35-38-41-44-47-50-56(65)68-59(54(4)63)61(70-58(67)52-49-46-43-40-37-34-31-28-25-22-19-16-13-10-7-3)60(55(64)53-62)69-57(66)51-48-45-42-39-36-33-30-27-24-21-18-15-12-9-6-2/h26-31,55,59-62,64H,5-25,32-53H2,1-4H3/b29-26-,30-27-,31-28-/t55-,59+,60-,61-/m1/s1. The van der Waals surface area contributed by atoms with E-state index < -0.39 is 54.7 Å². The average Bonchev–Trinajstić information content (AvgIpc) is 3.35. The van der Waals surface area contributed by atoms with E-state index in [0.717, 1.165) is 116 Å². The fourth-order valence-electron chi connectivity index (χ4n) is 8.79. The lowest BCUT2D eigenvalue weighted by Crippen LogP contribution is -2.54. The molecule has 0 bridgehead atoms. The molecule has 9 heteroatoms. The van der Waals surface area contributed by atoms with Crippen molar-refractivity contribution >= 4 is 23.7 Å². The first-order chi connectivity index (χ1) is 34.2. The summed E-state index contributed by atoms with van der Waals surface area (Å²) >= 11 is 0. The summed E-state index contributed by atoms with van der Waals surface area (Å²) in [5.41, 5.74) is 0. The van der Waals surface area contributed by atoms with Crippen LogP contribution in [0.2, 0.25) is 0 Å². The van der Waals surface area contributed by atoms with Crippen molar-refractivity contribution in [3.63, 3.8) is 0 Å². The third-order valence-electron chi connectivity index (χ3n) is 13.3. The third kappa shape index (κ3) is 44.0. The number of allylic oxidation sites excluding steroid dienone is 6. The summed E-state index contributed by atoms with van der Waals surface area (Å²) in [4.78, 5) is 53.0. The molecule has 0 aliphatic heterocycles. The van der Waals surface area contributed by atoms with Crippen LogP contribution < -0.4 is 0 Å². The predicted octanol–water partition coefficient (Wildman–Crippen LogP) is 16.8. The molecule has 408 valence electrons. The number of ketones is 1. The molecule has 0 amide bonds. The fourth-order valence-corrected chi connectivity index (χ4v) is 8.79. The van der Waals surface area contributed by atoms with Crippen molar-refractivity contribution in [1.82, 2.24) is 0 Å². The van der Waals surface area contributed by atoms with Crippen molar-refractivity contribution in [3.05, 3.63) is 36.5 Å². The lowest BCUT2D eigenvalue weighted by atomic mass is 9.99. The van der Waals surface area contributed by atoms with Gasteiger partial charge >= 0.3 is 17.9 Å². The number of carbonyl (C=O) groups is 4. The van der Waals surface area contributed by atoms with E-state index in [1.807, 2.05) is 0 Å². The molecule has 0 saturated heterocycles. The Balaban J connectivity index is 5.21. The molecule has 0 radical (unpaired) electrons. The molecule has 0 aliphatic rings. The summed E-state index contributed by atoms with van der Waals surface area (Å²) in [6.07, 6.45) is 51.0. The molecule has 0 unspecified atom stereocenters. The number of hydrogen-bond acceptors (Lipinski definition) is 9. The molecule has 0 spiro atoms. The lowest BCUT2D eigenvalue weighted by Gasteiger charge is -2.33. The number of hydrogen-bond donors (Lipinski definition) is 2. The molecule has 0 heterocycles. The van der Waals surface area contributed by atoms with Crippen molar-refractivity contribution in [2.75, 3.05) is 6.61 Å². The van der Waals surface area contributed by atoms with E-state index in [9.17, 15) is 29.4 Å². The number of carbonyl (C=O) groups excluding carboxylic acids is 4. The topological polar surface area (TPSA) is 136 Å². The Morgan fingerprint density at radius 2 is 0.600 bits per heavy atom. The van der Waals surface area contributed by atoms with Crippen molar-refractivity contribution in [3.8, 4) is 0 Å². The smallest absolute Gasteiger partial charge is 0.306 e. The summed E-state index contributed by atoms with van der Waals surface area (Å²) in [5.74, 6) is -2.53. The second-order valence-electron chi connectivity index (χ2n) is 20.2. The molecule has 2 N–H and O–H groups in total. The monoisotopic (exact) mass is 987 g/mol. The number of Topliss-reactive ketones (excluding diaryl/α,β-unsaturated/α-hetero) is 1. The summed E-state index contributed by atoms with van der Waals surface area (Å²) in [6, 6.07) is 0. The van der Waals surface area contributed by atoms with Gasteiger partial charge in [-0.15, -0.1) is 0 Å². The normalized spacial score (nSPS) is 13.6. The molecule has 0 aromatic heterocycles. The number of aliphatic hydroxyl groups is 2. The number of rotatable bonds is 53. The van der Waals surface area contributed by atoms with Gasteiger partial charge in [0.05, 0.1) is 6.61 Å². The van der Waals surface area contributed by atoms with Crippen LogP contribution in [0.15, 0.2) is 36.5 Å². The highest BCUT2D eigenvalue weighted by atomic mass is 16.6. The Morgan fingerprint density at radius 1 is 0.357 bits per heavy atom.